The van der Waals surface area contributed by atoms with E-state index in [0.717, 1.165) is 42.5 Å². The topological polar surface area (TPSA) is 68.2 Å². The van der Waals surface area contributed by atoms with Gasteiger partial charge in [-0.25, -0.2) is 13.1 Å². The van der Waals surface area contributed by atoms with Crippen LogP contribution < -0.4 is 9.60 Å². The van der Waals surface area contributed by atoms with E-state index in [4.69, 9.17) is 0 Å². The first-order chi connectivity index (χ1) is 10.5. The van der Waals surface area contributed by atoms with Crippen LogP contribution in [0.2, 0.25) is 0 Å². The molecule has 0 saturated heterocycles. The standard InChI is InChI=1S/C15H20N2O3S2/c1-17-13-9-8-12(10-14(13)21-15(17)18)22(19,20)16-11-6-4-2-3-5-7-11/h8-11,16H,2-7H2,1H3. The molecule has 22 heavy (non-hydrogen) atoms. The molecule has 1 N–H and O–H groups in total. The predicted molar refractivity (Wildman–Crippen MR) is 88.9 cm³/mol. The SMILES string of the molecule is Cn1c(=O)sc2cc(S(=O)(=O)NC3CCCCCC3)ccc21. The van der Waals surface area contributed by atoms with Crippen LogP contribution in [0.5, 0.6) is 0 Å². The number of aromatic nitrogens is 1. The maximum Gasteiger partial charge on any atom is 0.307 e. The molecular weight excluding hydrogens is 320 g/mol. The fourth-order valence-corrected chi connectivity index (χ4v) is 5.29. The molecule has 120 valence electrons. The van der Waals surface area contributed by atoms with Gasteiger partial charge in [-0.15, -0.1) is 0 Å². The van der Waals surface area contributed by atoms with Gasteiger partial charge in [0.25, 0.3) is 0 Å². The second-order valence-corrected chi connectivity index (χ2v) is 8.57. The highest BCUT2D eigenvalue weighted by molar-refractivity contribution is 7.89. The van der Waals surface area contributed by atoms with Crippen molar-refractivity contribution < 1.29 is 8.42 Å². The van der Waals surface area contributed by atoms with Crippen molar-refractivity contribution in [1.29, 1.82) is 0 Å². The Morgan fingerprint density at radius 3 is 2.55 bits per heavy atom. The Morgan fingerprint density at radius 1 is 1.18 bits per heavy atom. The first kappa shape index (κ1) is 15.7. The third-order valence-electron chi connectivity index (χ3n) is 4.25. The van der Waals surface area contributed by atoms with Crippen molar-refractivity contribution in [2.75, 3.05) is 0 Å². The molecule has 1 heterocycles. The average molecular weight is 340 g/mol. The summed E-state index contributed by atoms with van der Waals surface area (Å²) < 4.78 is 30.2. The van der Waals surface area contributed by atoms with E-state index in [9.17, 15) is 13.2 Å². The summed E-state index contributed by atoms with van der Waals surface area (Å²) in [5, 5.41) is 0. The summed E-state index contributed by atoms with van der Waals surface area (Å²) in [5.41, 5.74) is 0.767. The minimum Gasteiger partial charge on any atom is -0.302 e. The smallest absolute Gasteiger partial charge is 0.302 e. The number of benzene rings is 1. The Hall–Kier alpha value is -1.18. The van der Waals surface area contributed by atoms with Crippen molar-refractivity contribution in [3.05, 3.63) is 27.9 Å². The Bertz CT molecular complexity index is 828. The molecule has 0 spiro atoms. The van der Waals surface area contributed by atoms with Gasteiger partial charge in [0.2, 0.25) is 10.0 Å². The van der Waals surface area contributed by atoms with Gasteiger partial charge in [-0.1, -0.05) is 37.0 Å². The van der Waals surface area contributed by atoms with E-state index in [-0.39, 0.29) is 15.8 Å². The van der Waals surface area contributed by atoms with Crippen LogP contribution in [0.25, 0.3) is 10.2 Å². The zero-order valence-corrected chi connectivity index (χ0v) is 14.2. The van der Waals surface area contributed by atoms with Crippen molar-refractivity contribution >= 4 is 31.6 Å². The van der Waals surface area contributed by atoms with Gasteiger partial charge in [-0.2, -0.15) is 0 Å². The van der Waals surface area contributed by atoms with Crippen molar-refractivity contribution in [2.45, 2.75) is 49.5 Å². The molecule has 0 radical (unpaired) electrons. The van der Waals surface area contributed by atoms with E-state index in [1.54, 1.807) is 25.2 Å². The molecule has 1 fully saturated rings. The molecule has 0 aliphatic heterocycles. The van der Waals surface area contributed by atoms with Crippen LogP contribution in [0.4, 0.5) is 0 Å². The number of rotatable bonds is 3. The molecule has 0 atom stereocenters. The van der Waals surface area contributed by atoms with Crippen LogP contribution in [0, 0.1) is 0 Å². The van der Waals surface area contributed by atoms with Crippen LogP contribution in [0.3, 0.4) is 0 Å². The lowest BCUT2D eigenvalue weighted by Crippen LogP contribution is -2.34. The van der Waals surface area contributed by atoms with Crippen LogP contribution >= 0.6 is 11.3 Å². The summed E-state index contributed by atoms with van der Waals surface area (Å²) >= 11 is 1.07. The highest BCUT2D eigenvalue weighted by Crippen LogP contribution is 2.23. The molecule has 1 aliphatic rings. The first-order valence-corrected chi connectivity index (χ1v) is 9.89. The maximum atomic E-state index is 12.6. The summed E-state index contributed by atoms with van der Waals surface area (Å²) in [7, 11) is -1.83. The minimum atomic E-state index is -3.53. The molecule has 0 unspecified atom stereocenters. The van der Waals surface area contributed by atoms with Gasteiger partial charge in [0.15, 0.2) is 0 Å². The zero-order valence-electron chi connectivity index (χ0n) is 12.5. The molecule has 5 nitrogen and oxygen atoms in total. The molecule has 1 aromatic heterocycles. The van der Waals surface area contributed by atoms with Gasteiger partial charge in [-0.05, 0) is 31.0 Å². The third kappa shape index (κ3) is 3.11. The largest absolute Gasteiger partial charge is 0.307 e. The van der Waals surface area contributed by atoms with Crippen LogP contribution in [0.15, 0.2) is 27.9 Å². The van der Waals surface area contributed by atoms with Gasteiger partial charge in [0.05, 0.1) is 15.1 Å². The molecule has 1 aliphatic carbocycles. The van der Waals surface area contributed by atoms with E-state index in [2.05, 4.69) is 4.72 Å². The molecule has 1 aromatic carbocycles. The average Bonchev–Trinajstić information content (AvgIpc) is 2.67. The summed E-state index contributed by atoms with van der Waals surface area (Å²) in [4.78, 5) is 11.8. The number of nitrogens with one attached hydrogen (secondary N) is 1. The van der Waals surface area contributed by atoms with Gasteiger partial charge in [0, 0.05) is 13.1 Å². The normalized spacial score (nSPS) is 17.7. The lowest BCUT2D eigenvalue weighted by molar-refractivity contribution is 0.510. The Kier molecular flexibility index (Phi) is 4.38. The number of fused-ring (bicyclic) bond motifs is 1. The number of aryl methyl sites for hydroxylation is 1. The van der Waals surface area contributed by atoms with Gasteiger partial charge >= 0.3 is 4.87 Å². The lowest BCUT2D eigenvalue weighted by Gasteiger charge is -2.16. The molecule has 7 heteroatoms. The fraction of sp³-hybridized carbons (Fsp3) is 0.533. The van der Waals surface area contributed by atoms with E-state index < -0.39 is 10.0 Å². The van der Waals surface area contributed by atoms with Crippen molar-refractivity contribution in [3.8, 4) is 0 Å². The van der Waals surface area contributed by atoms with Crippen LogP contribution in [-0.2, 0) is 17.1 Å². The summed E-state index contributed by atoms with van der Waals surface area (Å²) in [6.07, 6.45) is 6.32. The predicted octanol–water partition coefficient (Wildman–Crippen LogP) is 2.60. The molecule has 2 aromatic rings. The Balaban J connectivity index is 1.89. The number of hydrogen-bond acceptors (Lipinski definition) is 4. The van der Waals surface area contributed by atoms with Crippen LogP contribution in [0.1, 0.15) is 38.5 Å². The number of nitrogens with zero attached hydrogens (tertiary/aromatic N) is 1. The number of thiazole rings is 1. The van der Waals surface area contributed by atoms with Gasteiger partial charge in [0.1, 0.15) is 0 Å². The van der Waals surface area contributed by atoms with Crippen LogP contribution in [-0.4, -0.2) is 19.0 Å². The van der Waals surface area contributed by atoms with Gasteiger partial charge in [-0.3, -0.25) is 4.79 Å². The van der Waals surface area contributed by atoms with Crippen molar-refractivity contribution in [3.63, 3.8) is 0 Å². The molecule has 1 saturated carbocycles. The van der Waals surface area contributed by atoms with E-state index in [1.165, 1.54) is 17.4 Å². The number of sulfonamides is 1. The minimum absolute atomic E-state index is 0.0257. The summed E-state index contributed by atoms with van der Waals surface area (Å²) in [6, 6.07) is 4.90. The van der Waals surface area contributed by atoms with E-state index in [0.29, 0.717) is 4.70 Å². The Labute approximate surface area is 134 Å². The fourth-order valence-electron chi connectivity index (χ4n) is 2.97. The first-order valence-electron chi connectivity index (χ1n) is 7.59. The van der Waals surface area contributed by atoms with E-state index in [1.807, 2.05) is 0 Å². The van der Waals surface area contributed by atoms with Gasteiger partial charge < -0.3 is 4.57 Å². The third-order valence-corrected chi connectivity index (χ3v) is 6.76. The van der Waals surface area contributed by atoms with Crippen molar-refractivity contribution in [1.82, 2.24) is 9.29 Å². The molecule has 0 bridgehead atoms. The monoisotopic (exact) mass is 340 g/mol. The summed E-state index contributed by atoms with van der Waals surface area (Å²) in [5.74, 6) is 0. The highest BCUT2D eigenvalue weighted by atomic mass is 32.2. The number of hydrogen-bond donors (Lipinski definition) is 1. The molecule has 3 rings (SSSR count). The summed E-state index contributed by atoms with van der Waals surface area (Å²) in [6.45, 7) is 0. The van der Waals surface area contributed by atoms with Crippen molar-refractivity contribution in [2.24, 2.45) is 7.05 Å². The second-order valence-electron chi connectivity index (χ2n) is 5.87. The maximum absolute atomic E-state index is 12.6. The zero-order chi connectivity index (χ0) is 15.7. The molecule has 0 amide bonds. The lowest BCUT2D eigenvalue weighted by atomic mass is 10.1. The quantitative estimate of drug-likeness (QED) is 0.873. The second kappa shape index (κ2) is 6.14. The van der Waals surface area contributed by atoms with E-state index >= 15 is 0 Å². The highest BCUT2D eigenvalue weighted by Gasteiger charge is 2.21. The molecular formula is C15H20N2O3S2. The Morgan fingerprint density at radius 2 is 1.86 bits per heavy atom.